The molecule has 1 N–H and O–H groups in total. The predicted molar refractivity (Wildman–Crippen MR) is 174 cm³/mol. The molecule has 0 bridgehead atoms. The molecule has 0 amide bonds. The van der Waals surface area contributed by atoms with E-state index in [-0.39, 0.29) is 23.6 Å². The second-order valence-corrected chi connectivity index (χ2v) is 28.2. The van der Waals surface area contributed by atoms with E-state index in [0.717, 1.165) is 49.7 Å². The Morgan fingerprint density at radius 3 is 2.02 bits per heavy atom. The molecule has 0 aromatic heterocycles. The van der Waals surface area contributed by atoms with Crippen LogP contribution in [0.2, 0.25) is 14.8 Å². The number of ether oxygens (including phenoxy) is 1. The number of hydrogen-bond donors (Lipinski definition) is 1. The molecule has 0 saturated heterocycles. The van der Waals surface area contributed by atoms with Gasteiger partial charge in [0.15, 0.2) is 0 Å². The molecule has 4 rings (SSSR count). The van der Waals surface area contributed by atoms with E-state index in [2.05, 4.69) is 84.1 Å². The zero-order valence-corrected chi connectivity index (χ0v) is 28.9. The van der Waals surface area contributed by atoms with Crippen LogP contribution in [-0.2, 0) is 15.1 Å². The van der Waals surface area contributed by atoms with Gasteiger partial charge in [-0.1, -0.05) is 24.6 Å². The molecule has 3 aromatic carbocycles. The molecular formula is C37H50O3Sn. The molecule has 1 saturated carbocycles. The van der Waals surface area contributed by atoms with Crippen molar-refractivity contribution in [2.75, 3.05) is 0 Å². The van der Waals surface area contributed by atoms with E-state index in [1.807, 2.05) is 18.2 Å². The summed E-state index contributed by atoms with van der Waals surface area (Å²) in [5.41, 5.74) is 2.35. The molecule has 0 aliphatic heterocycles. The van der Waals surface area contributed by atoms with Crippen LogP contribution in [0.3, 0.4) is 0 Å². The molecule has 1 aliphatic carbocycles. The Balaban J connectivity index is 1.67. The summed E-state index contributed by atoms with van der Waals surface area (Å²) in [5.74, 6) is 0.601. The summed E-state index contributed by atoms with van der Waals surface area (Å²) in [7, 11) is 0. The van der Waals surface area contributed by atoms with E-state index in [4.69, 9.17) is 4.74 Å². The van der Waals surface area contributed by atoms with Crippen LogP contribution in [0.1, 0.15) is 101 Å². The van der Waals surface area contributed by atoms with Gasteiger partial charge in [0.2, 0.25) is 0 Å². The zero-order chi connectivity index (χ0) is 29.7. The average molecular weight is 662 g/mol. The van der Waals surface area contributed by atoms with Gasteiger partial charge in [0.25, 0.3) is 0 Å². The predicted octanol–water partition coefficient (Wildman–Crippen LogP) is 9.42. The van der Waals surface area contributed by atoms with Crippen molar-refractivity contribution in [3.8, 4) is 5.75 Å². The first-order valence-electron chi connectivity index (χ1n) is 15.6. The fourth-order valence-electron chi connectivity index (χ4n) is 6.76. The Morgan fingerprint density at radius 2 is 1.46 bits per heavy atom. The summed E-state index contributed by atoms with van der Waals surface area (Å²) in [5, 5.41) is 9.90. The topological polar surface area (TPSA) is 46.5 Å². The SMILES string of the molecule is CCC(CC(C)(CC(C)c1cc[c]([Sn]([CH3])([CH3])[CH3])cc1)C(=O)OC1(c2ccccc2)CCCCC1)c1ccc(O)cc1. The van der Waals surface area contributed by atoms with E-state index in [1.54, 1.807) is 12.1 Å². The summed E-state index contributed by atoms with van der Waals surface area (Å²) >= 11 is -2.14. The molecule has 3 aromatic rings. The third-order valence-electron chi connectivity index (χ3n) is 9.40. The van der Waals surface area contributed by atoms with Crippen molar-refractivity contribution in [2.24, 2.45) is 5.41 Å². The first-order chi connectivity index (χ1) is 19.5. The van der Waals surface area contributed by atoms with Gasteiger partial charge < -0.3 is 5.11 Å². The van der Waals surface area contributed by atoms with Gasteiger partial charge in [-0.2, -0.15) is 0 Å². The van der Waals surface area contributed by atoms with Crippen molar-refractivity contribution in [2.45, 2.75) is 104 Å². The quantitative estimate of drug-likeness (QED) is 0.165. The van der Waals surface area contributed by atoms with Gasteiger partial charge >= 0.3 is 218 Å². The second-order valence-electron chi connectivity index (χ2n) is 13.7. The molecule has 4 heteroatoms. The Morgan fingerprint density at radius 1 is 0.878 bits per heavy atom. The van der Waals surface area contributed by atoms with E-state index in [1.165, 1.54) is 15.6 Å². The number of carbonyl (C=O) groups is 1. The molecular weight excluding hydrogens is 611 g/mol. The molecule has 0 heterocycles. The number of rotatable bonds is 11. The van der Waals surface area contributed by atoms with E-state index < -0.39 is 29.4 Å². The monoisotopic (exact) mass is 662 g/mol. The maximum atomic E-state index is 14.5. The van der Waals surface area contributed by atoms with Gasteiger partial charge in [-0.25, -0.2) is 0 Å². The Hall–Kier alpha value is -2.27. The van der Waals surface area contributed by atoms with Gasteiger partial charge in [-0.3, -0.25) is 0 Å². The number of benzene rings is 3. The van der Waals surface area contributed by atoms with Crippen LogP contribution < -0.4 is 3.58 Å². The molecule has 3 nitrogen and oxygen atoms in total. The summed E-state index contributed by atoms with van der Waals surface area (Å²) in [6.07, 6.45) is 7.44. The van der Waals surface area contributed by atoms with Crippen LogP contribution in [0.5, 0.6) is 5.75 Å². The number of aromatic hydroxyl groups is 1. The van der Waals surface area contributed by atoms with Crippen molar-refractivity contribution in [1.82, 2.24) is 0 Å². The van der Waals surface area contributed by atoms with Gasteiger partial charge in [-0.15, -0.1) is 0 Å². The average Bonchev–Trinajstić information content (AvgIpc) is 2.97. The molecule has 1 aliphatic rings. The minimum atomic E-state index is -2.14. The van der Waals surface area contributed by atoms with Gasteiger partial charge in [0, 0.05) is 0 Å². The molecule has 1 fully saturated rings. The number of carbonyl (C=O) groups excluding carboxylic acids is 1. The summed E-state index contributed by atoms with van der Waals surface area (Å²) < 4.78 is 8.29. The fourth-order valence-corrected chi connectivity index (χ4v) is 10.1. The molecule has 3 atom stereocenters. The van der Waals surface area contributed by atoms with Crippen LogP contribution in [0.15, 0.2) is 78.9 Å². The van der Waals surface area contributed by atoms with Crippen molar-refractivity contribution < 1.29 is 14.6 Å². The Labute approximate surface area is 252 Å². The van der Waals surface area contributed by atoms with Crippen LogP contribution in [0, 0.1) is 5.41 Å². The first-order valence-corrected chi connectivity index (χ1v) is 25.6. The van der Waals surface area contributed by atoms with Crippen molar-refractivity contribution in [3.05, 3.63) is 95.6 Å². The summed E-state index contributed by atoms with van der Waals surface area (Å²) in [4.78, 5) is 21.9. The standard InChI is InChI=1S/C34H41O3.3CH3.Sn/c1-4-27(29-18-20-31(35)21-19-29)25-33(3,24-26(2)28-14-8-5-9-15-28)32(36)37-34(22-12-7-13-23-34)30-16-10-6-11-17-30;;;;/h6,8-11,14-21,26-27,35H,4,7,12-13,22-25H2,1-3H3;3*1H3;. The van der Waals surface area contributed by atoms with Gasteiger partial charge in [0.1, 0.15) is 5.75 Å². The van der Waals surface area contributed by atoms with Crippen LogP contribution in [0.4, 0.5) is 0 Å². The molecule has 3 unspecified atom stereocenters. The number of phenolic OH excluding ortho intramolecular Hbond substituents is 1. The van der Waals surface area contributed by atoms with Gasteiger partial charge in [-0.05, 0) is 0 Å². The molecule has 220 valence electrons. The van der Waals surface area contributed by atoms with Crippen molar-refractivity contribution >= 4 is 27.9 Å². The number of phenols is 1. The van der Waals surface area contributed by atoms with E-state index in [9.17, 15) is 9.90 Å². The van der Waals surface area contributed by atoms with Crippen LogP contribution in [-0.4, -0.2) is 29.5 Å². The fraction of sp³-hybridized carbons (Fsp3) is 0.486. The molecule has 0 spiro atoms. The molecule has 0 radical (unpaired) electrons. The Bertz CT molecular complexity index is 1250. The van der Waals surface area contributed by atoms with E-state index in [0.29, 0.717) is 6.42 Å². The zero-order valence-electron chi connectivity index (χ0n) is 26.1. The third-order valence-corrected chi connectivity index (χ3v) is 15.3. The van der Waals surface area contributed by atoms with Gasteiger partial charge in [0.05, 0.1) is 0 Å². The van der Waals surface area contributed by atoms with Crippen LogP contribution in [0.25, 0.3) is 0 Å². The van der Waals surface area contributed by atoms with Crippen molar-refractivity contribution in [3.63, 3.8) is 0 Å². The second kappa shape index (κ2) is 13.4. The van der Waals surface area contributed by atoms with E-state index >= 15 is 0 Å². The Kier molecular flexibility index (Phi) is 10.3. The maximum absolute atomic E-state index is 14.5. The summed E-state index contributed by atoms with van der Waals surface area (Å²) in [6, 6.07) is 27.2. The number of hydrogen-bond acceptors (Lipinski definition) is 3. The van der Waals surface area contributed by atoms with Crippen molar-refractivity contribution in [1.29, 1.82) is 0 Å². The summed E-state index contributed by atoms with van der Waals surface area (Å²) in [6.45, 7) is 6.59. The third kappa shape index (κ3) is 7.77. The molecule has 41 heavy (non-hydrogen) atoms. The first kappa shape index (κ1) is 31.7. The number of esters is 1. The minimum absolute atomic E-state index is 0.0742. The normalized spacial score (nSPS) is 18.2. The van der Waals surface area contributed by atoms with Crippen LogP contribution >= 0.6 is 0 Å².